The number of benzene rings is 1. The van der Waals surface area contributed by atoms with E-state index in [4.69, 9.17) is 14.5 Å². The summed E-state index contributed by atoms with van der Waals surface area (Å²) in [6.07, 6.45) is 5.79. The van der Waals surface area contributed by atoms with Crippen molar-refractivity contribution in [3.05, 3.63) is 36.5 Å². The molecule has 0 saturated heterocycles. The Balaban J connectivity index is 1.61. The van der Waals surface area contributed by atoms with E-state index in [1.54, 1.807) is 0 Å². The number of aromatic nitrogens is 3. The lowest BCUT2D eigenvalue weighted by Gasteiger charge is -2.27. The number of nitrogens with zero attached hydrogens (tertiary/aromatic N) is 3. The molecule has 0 atom stereocenters. The maximum Gasteiger partial charge on any atom is 0.231 e. The molecule has 4 aliphatic rings. The van der Waals surface area contributed by atoms with Crippen molar-refractivity contribution in [1.82, 2.24) is 14.8 Å². The Bertz CT molecular complexity index is 823. The normalized spacial score (nSPS) is 16.9. The zero-order valence-corrected chi connectivity index (χ0v) is 12.0. The summed E-state index contributed by atoms with van der Waals surface area (Å²) in [7, 11) is 0. The van der Waals surface area contributed by atoms with E-state index in [1.807, 2.05) is 18.2 Å². The Hall–Kier alpha value is -2.56. The van der Waals surface area contributed by atoms with E-state index in [1.165, 1.54) is 19.3 Å². The van der Waals surface area contributed by atoms with E-state index in [-0.39, 0.29) is 6.79 Å². The summed E-state index contributed by atoms with van der Waals surface area (Å²) >= 11 is 0. The van der Waals surface area contributed by atoms with Crippen LogP contribution in [0, 0.1) is 0 Å². The van der Waals surface area contributed by atoms with Gasteiger partial charge in [0.1, 0.15) is 0 Å². The first-order chi connectivity index (χ1) is 10.9. The van der Waals surface area contributed by atoms with Crippen molar-refractivity contribution in [2.24, 2.45) is 0 Å². The van der Waals surface area contributed by atoms with Gasteiger partial charge in [-0.2, -0.15) is 5.10 Å². The summed E-state index contributed by atoms with van der Waals surface area (Å²) in [4.78, 5) is 4.69. The van der Waals surface area contributed by atoms with Crippen molar-refractivity contribution in [3.63, 3.8) is 0 Å². The molecule has 0 unspecified atom stereocenters. The Morgan fingerprint density at radius 1 is 1.14 bits per heavy atom. The van der Waals surface area contributed by atoms with Crippen molar-refractivity contribution < 1.29 is 9.47 Å². The zero-order valence-electron chi connectivity index (χ0n) is 12.0. The minimum Gasteiger partial charge on any atom is -0.454 e. The van der Waals surface area contributed by atoms with Gasteiger partial charge in [-0.05, 0) is 43.5 Å². The summed E-state index contributed by atoms with van der Waals surface area (Å²) in [6, 6.07) is 10.6. The van der Waals surface area contributed by atoms with E-state index in [0.29, 0.717) is 6.04 Å². The van der Waals surface area contributed by atoms with Gasteiger partial charge in [0, 0.05) is 17.3 Å². The van der Waals surface area contributed by atoms with Crippen LogP contribution in [-0.4, -0.2) is 21.6 Å². The van der Waals surface area contributed by atoms with Gasteiger partial charge < -0.3 is 9.47 Å². The second-order valence-electron chi connectivity index (χ2n) is 5.84. The monoisotopic (exact) mass is 293 g/mol. The van der Waals surface area contributed by atoms with Crippen molar-refractivity contribution in [3.8, 4) is 34.1 Å². The van der Waals surface area contributed by atoms with Gasteiger partial charge in [0.2, 0.25) is 6.79 Å². The molecule has 0 aromatic heterocycles. The van der Waals surface area contributed by atoms with E-state index < -0.39 is 0 Å². The smallest absolute Gasteiger partial charge is 0.231 e. The van der Waals surface area contributed by atoms with Crippen molar-refractivity contribution >= 4 is 0 Å². The van der Waals surface area contributed by atoms with Gasteiger partial charge in [0.15, 0.2) is 17.3 Å². The van der Waals surface area contributed by atoms with Crippen LogP contribution in [0.25, 0.3) is 22.6 Å². The van der Waals surface area contributed by atoms with Crippen LogP contribution in [0.2, 0.25) is 0 Å². The van der Waals surface area contributed by atoms with Gasteiger partial charge in [-0.25, -0.2) is 4.98 Å². The van der Waals surface area contributed by atoms with Gasteiger partial charge in [-0.1, -0.05) is 6.07 Å². The average Bonchev–Trinajstić information content (AvgIpc) is 3.10. The third-order valence-electron chi connectivity index (χ3n) is 4.52. The molecule has 22 heavy (non-hydrogen) atoms. The average molecular weight is 293 g/mol. The van der Waals surface area contributed by atoms with Crippen LogP contribution in [0.3, 0.4) is 0 Å². The zero-order chi connectivity index (χ0) is 14.5. The first kappa shape index (κ1) is 12.0. The molecule has 0 amide bonds. The van der Waals surface area contributed by atoms with Gasteiger partial charge >= 0.3 is 0 Å². The van der Waals surface area contributed by atoms with Crippen LogP contribution in [0.4, 0.5) is 0 Å². The topological polar surface area (TPSA) is 49.2 Å². The van der Waals surface area contributed by atoms with Gasteiger partial charge in [-0.15, -0.1) is 0 Å². The third-order valence-corrected chi connectivity index (χ3v) is 4.52. The summed E-state index contributed by atoms with van der Waals surface area (Å²) in [5.74, 6) is 2.35. The number of hydrogen-bond acceptors (Lipinski definition) is 4. The van der Waals surface area contributed by atoms with E-state index >= 15 is 0 Å². The quantitative estimate of drug-likeness (QED) is 0.725. The van der Waals surface area contributed by atoms with Crippen molar-refractivity contribution in [2.45, 2.75) is 25.3 Å². The lowest BCUT2D eigenvalue weighted by molar-refractivity contribution is 0.174. The molecule has 3 heterocycles. The molecule has 1 aromatic carbocycles. The molecule has 1 aromatic rings. The predicted molar refractivity (Wildman–Crippen MR) is 81.1 cm³/mol. The first-order valence-electron chi connectivity index (χ1n) is 7.63. The van der Waals surface area contributed by atoms with E-state index in [9.17, 15) is 0 Å². The van der Waals surface area contributed by atoms with E-state index in [0.717, 1.165) is 34.1 Å². The third kappa shape index (κ3) is 1.71. The molecule has 3 aliphatic heterocycles. The Labute approximate surface area is 127 Å². The van der Waals surface area contributed by atoms with Crippen LogP contribution in [0.1, 0.15) is 25.3 Å². The van der Waals surface area contributed by atoms with Crippen molar-refractivity contribution in [2.75, 3.05) is 6.79 Å². The fourth-order valence-corrected chi connectivity index (χ4v) is 3.05. The molecule has 5 heteroatoms. The summed E-state index contributed by atoms with van der Waals surface area (Å²) in [6.45, 7) is 0.270. The number of fused-ring (bicyclic) bond motifs is 2. The SMILES string of the molecule is c1cc2c(c(-c3cc4ccn(C5CCC5)nc-4n3)c1)OCO2. The maximum atomic E-state index is 5.58. The molecule has 0 N–H and O–H groups in total. The lowest BCUT2D eigenvalue weighted by Crippen LogP contribution is -2.19. The molecule has 1 aliphatic carbocycles. The van der Waals surface area contributed by atoms with Crippen LogP contribution in [-0.2, 0) is 0 Å². The van der Waals surface area contributed by atoms with Gasteiger partial charge in [0.05, 0.1) is 11.7 Å². The fraction of sp³-hybridized carbons (Fsp3) is 0.294. The van der Waals surface area contributed by atoms with Gasteiger partial charge in [-0.3, -0.25) is 4.68 Å². The highest BCUT2D eigenvalue weighted by Gasteiger charge is 2.23. The largest absolute Gasteiger partial charge is 0.454 e. The molecule has 0 radical (unpaired) electrons. The van der Waals surface area contributed by atoms with Crippen LogP contribution in [0.5, 0.6) is 11.5 Å². The highest BCUT2D eigenvalue weighted by Crippen LogP contribution is 2.42. The Morgan fingerprint density at radius 3 is 2.95 bits per heavy atom. The van der Waals surface area contributed by atoms with Gasteiger partial charge in [0.25, 0.3) is 0 Å². The summed E-state index contributed by atoms with van der Waals surface area (Å²) in [5, 5.41) is 4.67. The van der Waals surface area contributed by atoms with Crippen LogP contribution < -0.4 is 9.47 Å². The standard InChI is InChI=1S/C17H15N3O2/c1-3-12(4-1)20-8-7-11-9-14(18-17(11)19-20)13-5-2-6-15-16(13)22-10-21-15/h2,5-9,12H,1,3-4,10H2. The Morgan fingerprint density at radius 2 is 2.09 bits per heavy atom. The maximum absolute atomic E-state index is 5.58. The van der Waals surface area contributed by atoms with Crippen LogP contribution >= 0.6 is 0 Å². The minimum absolute atomic E-state index is 0.270. The molecule has 110 valence electrons. The molecule has 0 spiro atoms. The highest BCUT2D eigenvalue weighted by atomic mass is 16.7. The minimum atomic E-state index is 0.270. The summed E-state index contributed by atoms with van der Waals surface area (Å²) < 4.78 is 13.1. The molecular weight excluding hydrogens is 278 g/mol. The molecular formula is C17H15N3O2. The van der Waals surface area contributed by atoms with Crippen LogP contribution in [0.15, 0.2) is 36.5 Å². The number of para-hydroxylation sites is 1. The van der Waals surface area contributed by atoms with Crippen molar-refractivity contribution in [1.29, 1.82) is 0 Å². The molecule has 5 nitrogen and oxygen atoms in total. The molecule has 1 fully saturated rings. The molecule has 0 bridgehead atoms. The second-order valence-corrected chi connectivity index (χ2v) is 5.84. The fourth-order valence-electron chi connectivity index (χ4n) is 3.05. The lowest BCUT2D eigenvalue weighted by atomic mass is 9.93. The van der Waals surface area contributed by atoms with E-state index in [2.05, 4.69) is 28.1 Å². The second kappa shape index (κ2) is 4.47. The number of ether oxygens (including phenoxy) is 2. The number of hydrogen-bond donors (Lipinski definition) is 0. The summed E-state index contributed by atoms with van der Waals surface area (Å²) in [5.41, 5.74) is 2.90. The number of rotatable bonds is 2. The molecule has 5 rings (SSSR count). The molecule has 1 saturated carbocycles. The highest BCUT2D eigenvalue weighted by molar-refractivity contribution is 5.77. The first-order valence-corrected chi connectivity index (χ1v) is 7.63. The predicted octanol–water partition coefficient (Wildman–Crippen LogP) is 3.50. The Kier molecular flexibility index (Phi) is 2.44.